The van der Waals surface area contributed by atoms with Gasteiger partial charge in [-0.25, -0.2) is 4.98 Å². The van der Waals surface area contributed by atoms with Gasteiger partial charge in [0.1, 0.15) is 6.29 Å². The Kier molecular flexibility index (Phi) is 11.5. The van der Waals surface area contributed by atoms with Crippen molar-refractivity contribution in [1.82, 2.24) is 9.97 Å². The predicted molar refractivity (Wildman–Crippen MR) is 142 cm³/mol. The number of rotatable bonds is 6. The van der Waals surface area contributed by atoms with Crippen molar-refractivity contribution < 1.29 is 9.21 Å². The Bertz CT molecular complexity index is 1060. The van der Waals surface area contributed by atoms with Crippen LogP contribution in [-0.4, -0.2) is 35.4 Å². The number of pyridine rings is 1. The van der Waals surface area contributed by atoms with Crippen molar-refractivity contribution in [2.45, 2.75) is 46.6 Å². The normalized spacial score (nSPS) is 14.6. The third-order valence-electron chi connectivity index (χ3n) is 5.10. The fraction of sp³-hybridized carbons (Fsp3) is 0.321. The molecule has 0 amide bonds. The molecule has 0 spiro atoms. The fourth-order valence-electron chi connectivity index (χ4n) is 3.36. The number of nitrogens with two attached hydrogens (primary N) is 1. The highest BCUT2D eigenvalue weighted by molar-refractivity contribution is 5.75. The van der Waals surface area contributed by atoms with E-state index in [1.807, 2.05) is 94.5 Å². The number of fused-ring (bicyclic) bond motifs is 1. The highest BCUT2D eigenvalue weighted by Crippen LogP contribution is 2.20. The molecule has 0 bridgehead atoms. The lowest BCUT2D eigenvalue weighted by atomic mass is 10.2. The molecule has 0 radical (unpaired) electrons. The minimum absolute atomic E-state index is 0.0700. The molecule has 1 aliphatic heterocycles. The second-order valence-electron chi connectivity index (χ2n) is 7.59. The van der Waals surface area contributed by atoms with Crippen molar-refractivity contribution in [2.75, 3.05) is 18.0 Å². The molecule has 180 valence electrons. The molecule has 4 rings (SSSR count). The predicted octanol–water partition coefficient (Wildman–Crippen LogP) is 6.21. The van der Waals surface area contributed by atoms with Crippen LogP contribution in [0.15, 0.2) is 77.4 Å². The van der Waals surface area contributed by atoms with Gasteiger partial charge in [-0.1, -0.05) is 44.2 Å². The molecule has 0 aliphatic carbocycles. The molecule has 1 aromatic carbocycles. The SMILES string of the molecule is C/C=C\C(N)C=C/C=C(\C)c1nc2ncccc2o1.CC.O=Cc1ccc(N2CCCC2)cc1. The van der Waals surface area contributed by atoms with Gasteiger partial charge in [-0.3, -0.25) is 4.79 Å². The van der Waals surface area contributed by atoms with Crippen LogP contribution in [0.5, 0.6) is 0 Å². The van der Waals surface area contributed by atoms with E-state index in [4.69, 9.17) is 10.2 Å². The first-order valence-corrected chi connectivity index (χ1v) is 11.9. The van der Waals surface area contributed by atoms with E-state index in [1.165, 1.54) is 18.5 Å². The summed E-state index contributed by atoms with van der Waals surface area (Å²) in [5, 5.41) is 0. The van der Waals surface area contributed by atoms with Crippen LogP contribution in [0.3, 0.4) is 0 Å². The summed E-state index contributed by atoms with van der Waals surface area (Å²) in [6.45, 7) is 10.2. The summed E-state index contributed by atoms with van der Waals surface area (Å²) < 4.78 is 5.61. The molecule has 1 fully saturated rings. The third-order valence-corrected chi connectivity index (χ3v) is 5.10. The lowest BCUT2D eigenvalue weighted by Crippen LogP contribution is -2.17. The highest BCUT2D eigenvalue weighted by Gasteiger charge is 2.11. The van der Waals surface area contributed by atoms with Gasteiger partial charge < -0.3 is 15.1 Å². The Balaban J connectivity index is 0.000000237. The number of hydrogen-bond acceptors (Lipinski definition) is 6. The van der Waals surface area contributed by atoms with Gasteiger partial charge in [-0.15, -0.1) is 0 Å². The zero-order valence-corrected chi connectivity index (χ0v) is 20.6. The maximum atomic E-state index is 10.4. The van der Waals surface area contributed by atoms with Gasteiger partial charge in [-0.05, 0) is 63.1 Å². The van der Waals surface area contributed by atoms with Crippen molar-refractivity contribution in [2.24, 2.45) is 5.73 Å². The van der Waals surface area contributed by atoms with Crippen LogP contribution in [0.1, 0.15) is 56.8 Å². The zero-order chi connectivity index (χ0) is 24.8. The van der Waals surface area contributed by atoms with E-state index in [0.29, 0.717) is 17.1 Å². The minimum atomic E-state index is -0.0700. The lowest BCUT2D eigenvalue weighted by molar-refractivity contribution is 0.112. The first-order valence-electron chi connectivity index (χ1n) is 11.9. The first-order chi connectivity index (χ1) is 16.6. The van der Waals surface area contributed by atoms with Gasteiger partial charge >= 0.3 is 0 Å². The molecule has 3 aromatic rings. The molecular weight excluding hydrogens is 424 g/mol. The van der Waals surface area contributed by atoms with Crippen LogP contribution in [0, 0.1) is 0 Å². The molecule has 1 atom stereocenters. The van der Waals surface area contributed by atoms with Gasteiger partial charge in [-0.2, -0.15) is 4.98 Å². The topological polar surface area (TPSA) is 85.2 Å². The van der Waals surface area contributed by atoms with E-state index in [2.05, 4.69) is 14.9 Å². The van der Waals surface area contributed by atoms with Crippen LogP contribution in [0.25, 0.3) is 16.8 Å². The summed E-state index contributed by atoms with van der Waals surface area (Å²) in [7, 11) is 0. The van der Waals surface area contributed by atoms with Crippen molar-refractivity contribution in [3.63, 3.8) is 0 Å². The summed E-state index contributed by atoms with van der Waals surface area (Å²) in [6.07, 6.45) is 14.7. The molecule has 34 heavy (non-hydrogen) atoms. The van der Waals surface area contributed by atoms with E-state index in [0.717, 1.165) is 30.5 Å². The Morgan fingerprint density at radius 2 is 1.82 bits per heavy atom. The number of oxazole rings is 1. The monoisotopic (exact) mass is 460 g/mol. The van der Waals surface area contributed by atoms with Crippen LogP contribution < -0.4 is 10.6 Å². The maximum absolute atomic E-state index is 10.4. The minimum Gasteiger partial charge on any atom is -0.435 e. The molecule has 2 N–H and O–H groups in total. The van der Waals surface area contributed by atoms with Crippen molar-refractivity contribution in [1.29, 1.82) is 0 Å². The number of allylic oxidation sites excluding steroid dienone is 4. The standard InChI is InChI=1S/C15H17N3O.C11H13NO.C2H6/c1-3-6-12(16)8-4-7-11(2)15-18-14-13(19-15)9-5-10-17-14;13-9-10-3-5-11(6-4-10)12-7-1-2-8-12;1-2/h3-10,12H,16H2,1-2H3;3-6,9H,1-2,7-8H2;1-2H3/b6-3-,8-4?,11-7+;;. The number of nitrogens with zero attached hydrogens (tertiary/aromatic N) is 3. The van der Waals surface area contributed by atoms with E-state index < -0.39 is 0 Å². The molecule has 1 saturated heterocycles. The van der Waals surface area contributed by atoms with Gasteiger partial charge in [0.25, 0.3) is 0 Å². The average molecular weight is 461 g/mol. The highest BCUT2D eigenvalue weighted by atomic mass is 16.3. The maximum Gasteiger partial charge on any atom is 0.224 e. The molecular formula is C28H36N4O2. The molecule has 0 saturated carbocycles. The van der Waals surface area contributed by atoms with E-state index >= 15 is 0 Å². The average Bonchev–Trinajstić information content (AvgIpc) is 3.56. The Labute approximate surface area is 202 Å². The number of anilines is 1. The fourth-order valence-corrected chi connectivity index (χ4v) is 3.36. The molecule has 1 aliphatic rings. The van der Waals surface area contributed by atoms with Gasteiger partial charge in [0.2, 0.25) is 5.89 Å². The number of aromatic nitrogens is 2. The zero-order valence-electron chi connectivity index (χ0n) is 20.6. The summed E-state index contributed by atoms with van der Waals surface area (Å²) in [4.78, 5) is 21.2. The van der Waals surface area contributed by atoms with Gasteiger partial charge in [0.15, 0.2) is 11.2 Å². The Morgan fingerprint density at radius 3 is 2.44 bits per heavy atom. The van der Waals surface area contributed by atoms with Crippen molar-refractivity contribution in [3.8, 4) is 0 Å². The summed E-state index contributed by atoms with van der Waals surface area (Å²) in [5.41, 5.74) is 10.1. The Hall–Kier alpha value is -3.51. The van der Waals surface area contributed by atoms with Gasteiger partial charge in [0.05, 0.1) is 0 Å². The third kappa shape index (κ3) is 8.12. The molecule has 6 heteroatoms. The number of carbonyl (C=O) groups excluding carboxylic acids is 1. The summed E-state index contributed by atoms with van der Waals surface area (Å²) >= 11 is 0. The Morgan fingerprint density at radius 1 is 1.12 bits per heavy atom. The quantitative estimate of drug-likeness (QED) is 0.267. The van der Waals surface area contributed by atoms with Crippen LogP contribution in [0.2, 0.25) is 0 Å². The van der Waals surface area contributed by atoms with E-state index in [-0.39, 0.29) is 6.04 Å². The second kappa shape index (κ2) is 14.6. The van der Waals surface area contributed by atoms with Gasteiger partial charge in [0, 0.05) is 42.2 Å². The van der Waals surface area contributed by atoms with Crippen LogP contribution in [-0.2, 0) is 0 Å². The van der Waals surface area contributed by atoms with Crippen molar-refractivity contribution >= 4 is 28.8 Å². The van der Waals surface area contributed by atoms with E-state index in [1.54, 1.807) is 6.20 Å². The molecule has 6 nitrogen and oxygen atoms in total. The van der Waals surface area contributed by atoms with E-state index in [9.17, 15) is 4.79 Å². The number of hydrogen-bond donors (Lipinski definition) is 1. The number of aldehydes is 1. The lowest BCUT2D eigenvalue weighted by Gasteiger charge is -2.17. The van der Waals surface area contributed by atoms with Crippen LogP contribution in [0.4, 0.5) is 5.69 Å². The smallest absolute Gasteiger partial charge is 0.224 e. The molecule has 1 unspecified atom stereocenters. The second-order valence-corrected chi connectivity index (χ2v) is 7.59. The largest absolute Gasteiger partial charge is 0.435 e. The molecule has 2 aromatic heterocycles. The van der Waals surface area contributed by atoms with Crippen LogP contribution >= 0.6 is 0 Å². The number of carbonyl (C=O) groups is 1. The molecule has 3 heterocycles. The first kappa shape index (κ1) is 26.7. The summed E-state index contributed by atoms with van der Waals surface area (Å²) in [6, 6.07) is 11.4. The van der Waals surface area contributed by atoms with Crippen molar-refractivity contribution in [3.05, 3.63) is 84.4 Å². The number of benzene rings is 1. The summed E-state index contributed by atoms with van der Waals surface area (Å²) in [5.74, 6) is 0.581.